The number of aliphatic imine (C=N–C) groups is 1. The normalized spacial score (nSPS) is 15.4. The van der Waals surface area contributed by atoms with E-state index in [0.717, 1.165) is 16.7 Å². The molecule has 4 nitrogen and oxygen atoms in total. The number of nitriles is 1. The first kappa shape index (κ1) is 13.8. The summed E-state index contributed by atoms with van der Waals surface area (Å²) in [5, 5.41) is 8.91. The summed E-state index contributed by atoms with van der Waals surface area (Å²) >= 11 is 0. The van der Waals surface area contributed by atoms with Crippen LogP contribution in [0.25, 0.3) is 6.08 Å². The number of aryl methyl sites for hydroxylation is 1. The van der Waals surface area contributed by atoms with Gasteiger partial charge in [0.1, 0.15) is 0 Å². The first-order valence-electron chi connectivity index (χ1n) is 6.76. The maximum atomic E-state index is 12.0. The summed E-state index contributed by atoms with van der Waals surface area (Å²) in [6, 6.07) is 16.6. The standard InChI is InChI=1S/C18H12N2O2/c1-12-5-2-3-8-15(12)17-20-16(18(21)22-17)10-13-6-4-7-14(9-13)11-19/h2-10H,1H3/b16-10-. The topological polar surface area (TPSA) is 62.5 Å². The molecule has 106 valence electrons. The Morgan fingerprint density at radius 1 is 1.18 bits per heavy atom. The second-order valence-electron chi connectivity index (χ2n) is 4.89. The van der Waals surface area contributed by atoms with Crippen molar-refractivity contribution in [3.05, 3.63) is 76.5 Å². The van der Waals surface area contributed by atoms with Crippen LogP contribution in [0.4, 0.5) is 0 Å². The quantitative estimate of drug-likeness (QED) is 0.629. The van der Waals surface area contributed by atoms with E-state index in [9.17, 15) is 4.79 Å². The second kappa shape index (κ2) is 5.66. The largest absolute Gasteiger partial charge is 0.402 e. The van der Waals surface area contributed by atoms with E-state index in [1.54, 1.807) is 24.3 Å². The van der Waals surface area contributed by atoms with Gasteiger partial charge in [-0.15, -0.1) is 0 Å². The van der Waals surface area contributed by atoms with Crippen LogP contribution in [-0.4, -0.2) is 11.9 Å². The number of hydrogen-bond acceptors (Lipinski definition) is 4. The minimum absolute atomic E-state index is 0.230. The first-order valence-corrected chi connectivity index (χ1v) is 6.76. The zero-order valence-corrected chi connectivity index (χ0v) is 11.9. The van der Waals surface area contributed by atoms with Crippen molar-refractivity contribution in [3.63, 3.8) is 0 Å². The number of carbonyl (C=O) groups excluding carboxylic acids is 1. The van der Waals surface area contributed by atoms with Gasteiger partial charge >= 0.3 is 5.97 Å². The average Bonchev–Trinajstić information content (AvgIpc) is 2.89. The van der Waals surface area contributed by atoms with E-state index in [2.05, 4.69) is 11.1 Å². The van der Waals surface area contributed by atoms with Gasteiger partial charge in [-0.1, -0.05) is 30.3 Å². The van der Waals surface area contributed by atoms with Crippen LogP contribution in [0.2, 0.25) is 0 Å². The van der Waals surface area contributed by atoms with Gasteiger partial charge in [0.25, 0.3) is 0 Å². The van der Waals surface area contributed by atoms with Gasteiger partial charge in [0, 0.05) is 5.56 Å². The molecule has 0 amide bonds. The molecule has 0 radical (unpaired) electrons. The highest BCUT2D eigenvalue weighted by Gasteiger charge is 2.24. The maximum Gasteiger partial charge on any atom is 0.363 e. The molecule has 2 aromatic rings. The maximum absolute atomic E-state index is 12.0. The van der Waals surface area contributed by atoms with Gasteiger partial charge in [0.05, 0.1) is 11.6 Å². The van der Waals surface area contributed by atoms with Crippen molar-refractivity contribution in [1.82, 2.24) is 0 Å². The van der Waals surface area contributed by atoms with Crippen LogP contribution >= 0.6 is 0 Å². The molecular formula is C18H12N2O2. The first-order chi connectivity index (χ1) is 10.7. The number of carbonyl (C=O) groups is 1. The zero-order chi connectivity index (χ0) is 15.5. The summed E-state index contributed by atoms with van der Waals surface area (Å²) in [5.41, 5.74) is 3.28. The molecule has 0 aromatic heterocycles. The molecule has 0 N–H and O–H groups in total. The molecule has 0 aliphatic carbocycles. The third kappa shape index (κ3) is 2.65. The van der Waals surface area contributed by atoms with Gasteiger partial charge in [-0.05, 0) is 42.3 Å². The fourth-order valence-corrected chi connectivity index (χ4v) is 2.19. The minimum Gasteiger partial charge on any atom is -0.402 e. The fraction of sp³-hybridized carbons (Fsp3) is 0.0556. The van der Waals surface area contributed by atoms with E-state index in [1.807, 2.05) is 37.3 Å². The Labute approximate surface area is 128 Å². The van der Waals surface area contributed by atoms with E-state index in [0.29, 0.717) is 11.5 Å². The number of rotatable bonds is 2. The Morgan fingerprint density at radius 3 is 2.77 bits per heavy atom. The van der Waals surface area contributed by atoms with Crippen LogP contribution in [0.1, 0.15) is 22.3 Å². The summed E-state index contributed by atoms with van der Waals surface area (Å²) in [7, 11) is 0. The van der Waals surface area contributed by atoms with Crippen LogP contribution in [0.15, 0.2) is 59.2 Å². The van der Waals surface area contributed by atoms with Crippen molar-refractivity contribution in [2.75, 3.05) is 0 Å². The smallest absolute Gasteiger partial charge is 0.363 e. The van der Waals surface area contributed by atoms with Gasteiger partial charge in [-0.25, -0.2) is 9.79 Å². The van der Waals surface area contributed by atoms with Crippen LogP contribution in [0.3, 0.4) is 0 Å². The minimum atomic E-state index is -0.486. The molecule has 0 spiro atoms. The molecule has 0 fully saturated rings. The van der Waals surface area contributed by atoms with E-state index in [1.165, 1.54) is 0 Å². The lowest BCUT2D eigenvalue weighted by molar-refractivity contribution is -0.129. The van der Waals surface area contributed by atoms with Gasteiger partial charge < -0.3 is 4.74 Å². The SMILES string of the molecule is Cc1ccccc1C1=N/C(=C\c2cccc(C#N)c2)C(=O)O1. The van der Waals surface area contributed by atoms with Crippen LogP contribution < -0.4 is 0 Å². The van der Waals surface area contributed by atoms with Crippen molar-refractivity contribution in [2.24, 2.45) is 4.99 Å². The highest BCUT2D eigenvalue weighted by atomic mass is 16.6. The second-order valence-corrected chi connectivity index (χ2v) is 4.89. The molecule has 0 atom stereocenters. The van der Waals surface area contributed by atoms with Crippen LogP contribution in [0.5, 0.6) is 0 Å². The van der Waals surface area contributed by atoms with E-state index in [4.69, 9.17) is 10.00 Å². The molecule has 4 heteroatoms. The van der Waals surface area contributed by atoms with Crippen molar-refractivity contribution < 1.29 is 9.53 Å². The highest BCUT2D eigenvalue weighted by molar-refractivity contribution is 6.13. The molecule has 1 aliphatic rings. The Balaban J connectivity index is 1.98. The molecule has 1 heterocycles. The predicted octanol–water partition coefficient (Wildman–Crippen LogP) is 3.21. The Bertz CT molecular complexity index is 857. The third-order valence-electron chi connectivity index (χ3n) is 3.32. The molecule has 3 rings (SSSR count). The van der Waals surface area contributed by atoms with Crippen molar-refractivity contribution in [3.8, 4) is 6.07 Å². The van der Waals surface area contributed by atoms with Crippen LogP contribution in [0, 0.1) is 18.3 Å². The zero-order valence-electron chi connectivity index (χ0n) is 11.9. The van der Waals surface area contributed by atoms with E-state index in [-0.39, 0.29) is 5.70 Å². The van der Waals surface area contributed by atoms with Crippen molar-refractivity contribution in [2.45, 2.75) is 6.92 Å². The van der Waals surface area contributed by atoms with E-state index < -0.39 is 5.97 Å². The van der Waals surface area contributed by atoms with Gasteiger partial charge in [0.2, 0.25) is 5.90 Å². The fourth-order valence-electron chi connectivity index (χ4n) is 2.19. The monoisotopic (exact) mass is 288 g/mol. The van der Waals surface area contributed by atoms with E-state index >= 15 is 0 Å². The lowest BCUT2D eigenvalue weighted by atomic mass is 10.1. The summed E-state index contributed by atoms with van der Waals surface area (Å²) in [5.74, 6) is -0.175. The Morgan fingerprint density at radius 2 is 2.00 bits per heavy atom. The molecule has 0 saturated carbocycles. The Kier molecular flexibility index (Phi) is 3.55. The van der Waals surface area contributed by atoms with Gasteiger partial charge in [0.15, 0.2) is 5.70 Å². The molecule has 22 heavy (non-hydrogen) atoms. The molecule has 2 aromatic carbocycles. The molecular weight excluding hydrogens is 276 g/mol. The lowest BCUT2D eigenvalue weighted by Crippen LogP contribution is -2.06. The average molecular weight is 288 g/mol. The molecule has 0 saturated heterocycles. The van der Waals surface area contributed by atoms with Crippen molar-refractivity contribution >= 4 is 17.9 Å². The number of benzene rings is 2. The number of esters is 1. The summed E-state index contributed by atoms with van der Waals surface area (Å²) < 4.78 is 5.25. The van der Waals surface area contributed by atoms with Crippen LogP contribution in [-0.2, 0) is 9.53 Å². The number of hydrogen-bond donors (Lipinski definition) is 0. The van der Waals surface area contributed by atoms with Crippen molar-refractivity contribution in [1.29, 1.82) is 5.26 Å². The summed E-state index contributed by atoms with van der Waals surface area (Å²) in [6.07, 6.45) is 1.62. The molecule has 1 aliphatic heterocycles. The molecule has 0 bridgehead atoms. The Hall–Kier alpha value is -3.19. The highest BCUT2D eigenvalue weighted by Crippen LogP contribution is 2.21. The predicted molar refractivity (Wildman–Crippen MR) is 82.9 cm³/mol. The lowest BCUT2D eigenvalue weighted by Gasteiger charge is -2.02. The summed E-state index contributed by atoms with van der Waals surface area (Å²) in [6.45, 7) is 1.93. The number of nitrogens with zero attached hydrogens (tertiary/aromatic N) is 2. The third-order valence-corrected chi connectivity index (χ3v) is 3.32. The molecule has 0 unspecified atom stereocenters. The van der Waals surface area contributed by atoms with Gasteiger partial charge in [-0.3, -0.25) is 0 Å². The number of ether oxygens (including phenoxy) is 1. The number of cyclic esters (lactones) is 1. The van der Waals surface area contributed by atoms with Gasteiger partial charge in [-0.2, -0.15) is 5.26 Å². The summed E-state index contributed by atoms with van der Waals surface area (Å²) in [4.78, 5) is 16.2.